The van der Waals surface area contributed by atoms with Gasteiger partial charge in [0, 0.05) is 6.07 Å². The molecule has 1 N–H and O–H groups in total. The van der Waals surface area contributed by atoms with Crippen LogP contribution in [0.15, 0.2) is 91.3 Å². The number of aromatic nitrogens is 2. The number of imidazole rings is 1. The second-order valence-electron chi connectivity index (χ2n) is 8.58. The van der Waals surface area contributed by atoms with Gasteiger partial charge in [-0.1, -0.05) is 30.3 Å². The average molecular weight is 528 g/mol. The summed E-state index contributed by atoms with van der Waals surface area (Å²) in [6.07, 6.45) is 1.64. The summed E-state index contributed by atoms with van der Waals surface area (Å²) in [5, 5.41) is 0. The van der Waals surface area contributed by atoms with Crippen LogP contribution in [0.1, 0.15) is 27.5 Å². The molecule has 1 aromatic heterocycles. The van der Waals surface area contributed by atoms with Crippen molar-refractivity contribution in [2.75, 3.05) is 26.8 Å². The number of carbonyl (C=O) groups excluding carboxylic acids is 1. The van der Waals surface area contributed by atoms with E-state index in [1.54, 1.807) is 37.4 Å². The zero-order valence-corrected chi connectivity index (χ0v) is 21.6. The summed E-state index contributed by atoms with van der Waals surface area (Å²) in [5.41, 5.74) is 6.87. The van der Waals surface area contributed by atoms with E-state index in [1.807, 2.05) is 54.6 Å². The van der Waals surface area contributed by atoms with Crippen LogP contribution in [0.3, 0.4) is 0 Å². The molecule has 8 nitrogen and oxygen atoms in total. The second kappa shape index (κ2) is 11.1. The third kappa shape index (κ3) is 5.33. The minimum Gasteiger partial charge on any atom is -0.497 e. The van der Waals surface area contributed by atoms with E-state index in [9.17, 15) is 9.18 Å². The largest absolute Gasteiger partial charge is 0.497 e. The van der Waals surface area contributed by atoms with E-state index in [4.69, 9.17) is 18.9 Å². The quantitative estimate of drug-likeness (QED) is 0.232. The molecule has 0 fully saturated rings. The number of esters is 1. The molecule has 0 aliphatic heterocycles. The Balaban J connectivity index is 1.52. The number of carbonyl (C=O) groups is 1. The van der Waals surface area contributed by atoms with Gasteiger partial charge in [-0.05, 0) is 59.7 Å². The Hall–Kier alpha value is -5.05. The maximum atomic E-state index is 14.0. The molecule has 0 spiro atoms. The monoisotopic (exact) mass is 527 g/mol. The van der Waals surface area contributed by atoms with E-state index in [-0.39, 0.29) is 17.4 Å². The summed E-state index contributed by atoms with van der Waals surface area (Å²) < 4.78 is 37.3. The van der Waals surface area contributed by atoms with Crippen molar-refractivity contribution in [2.24, 2.45) is 0 Å². The SMILES string of the molecule is COC(=O)c1ccc(F)cc1Oc1cccc2c1ncn2NC(c1ccc(OC)cc1)c1ccc(OC)cc1. The summed E-state index contributed by atoms with van der Waals surface area (Å²) >= 11 is 0. The molecule has 0 amide bonds. The van der Waals surface area contributed by atoms with Gasteiger partial charge in [-0.25, -0.2) is 18.8 Å². The summed E-state index contributed by atoms with van der Waals surface area (Å²) in [4.78, 5) is 16.8. The first kappa shape index (κ1) is 25.6. The van der Waals surface area contributed by atoms with Gasteiger partial charge in [0.25, 0.3) is 0 Å². The molecular weight excluding hydrogens is 501 g/mol. The van der Waals surface area contributed by atoms with Crippen LogP contribution in [-0.4, -0.2) is 37.0 Å². The molecule has 0 saturated carbocycles. The molecule has 39 heavy (non-hydrogen) atoms. The lowest BCUT2D eigenvalue weighted by molar-refractivity contribution is 0.0598. The summed E-state index contributed by atoms with van der Waals surface area (Å²) in [7, 11) is 4.51. The number of benzene rings is 4. The average Bonchev–Trinajstić information content (AvgIpc) is 3.39. The van der Waals surface area contributed by atoms with Gasteiger partial charge in [-0.2, -0.15) is 0 Å². The summed E-state index contributed by atoms with van der Waals surface area (Å²) in [5.74, 6) is 0.724. The molecule has 0 radical (unpaired) electrons. The van der Waals surface area contributed by atoms with Gasteiger partial charge in [0.15, 0.2) is 5.75 Å². The van der Waals surface area contributed by atoms with Crippen molar-refractivity contribution >= 4 is 17.0 Å². The van der Waals surface area contributed by atoms with E-state index in [2.05, 4.69) is 10.4 Å². The number of nitrogens with one attached hydrogen (secondary N) is 1. The third-order valence-corrected chi connectivity index (χ3v) is 6.27. The first-order valence-electron chi connectivity index (χ1n) is 12.1. The van der Waals surface area contributed by atoms with E-state index in [0.29, 0.717) is 11.3 Å². The van der Waals surface area contributed by atoms with E-state index < -0.39 is 11.8 Å². The van der Waals surface area contributed by atoms with E-state index >= 15 is 0 Å². The van der Waals surface area contributed by atoms with Crippen molar-refractivity contribution in [3.8, 4) is 23.0 Å². The Bertz CT molecular complexity index is 1550. The lowest BCUT2D eigenvalue weighted by Gasteiger charge is -2.22. The van der Waals surface area contributed by atoms with Gasteiger partial charge < -0.3 is 24.4 Å². The number of ether oxygens (including phenoxy) is 4. The molecule has 0 bridgehead atoms. The summed E-state index contributed by atoms with van der Waals surface area (Å²) in [6.45, 7) is 0. The topological polar surface area (TPSA) is 83.8 Å². The number of para-hydroxylation sites is 1. The maximum absolute atomic E-state index is 14.0. The van der Waals surface area contributed by atoms with Gasteiger partial charge in [0.2, 0.25) is 0 Å². The van der Waals surface area contributed by atoms with Crippen molar-refractivity contribution in [3.05, 3.63) is 114 Å². The molecular formula is C30H26FN3O5. The van der Waals surface area contributed by atoms with Gasteiger partial charge in [-0.15, -0.1) is 0 Å². The highest BCUT2D eigenvalue weighted by Crippen LogP contribution is 2.33. The van der Waals surface area contributed by atoms with Crippen LogP contribution in [0.5, 0.6) is 23.0 Å². The molecule has 0 unspecified atom stereocenters. The van der Waals surface area contributed by atoms with Gasteiger partial charge in [0.1, 0.15) is 40.5 Å². The molecule has 1 heterocycles. The van der Waals surface area contributed by atoms with Gasteiger partial charge in [0.05, 0.1) is 32.9 Å². The number of rotatable bonds is 9. The molecule has 5 rings (SSSR count). The lowest BCUT2D eigenvalue weighted by Crippen LogP contribution is -2.21. The fraction of sp³-hybridized carbons (Fsp3) is 0.133. The number of nitrogens with zero attached hydrogens (tertiary/aromatic N) is 2. The maximum Gasteiger partial charge on any atom is 0.341 e. The number of hydrogen-bond acceptors (Lipinski definition) is 7. The highest BCUT2D eigenvalue weighted by Gasteiger charge is 2.19. The predicted octanol–water partition coefficient (Wildman–Crippen LogP) is 6.10. The van der Waals surface area contributed by atoms with Gasteiger partial charge >= 0.3 is 5.97 Å². The van der Waals surface area contributed by atoms with Crippen LogP contribution in [-0.2, 0) is 4.74 Å². The Kier molecular flexibility index (Phi) is 7.31. The molecule has 5 aromatic rings. The van der Waals surface area contributed by atoms with Crippen LogP contribution in [0.4, 0.5) is 4.39 Å². The lowest BCUT2D eigenvalue weighted by atomic mass is 9.99. The number of methoxy groups -OCH3 is 3. The first-order valence-corrected chi connectivity index (χ1v) is 12.1. The molecule has 0 saturated heterocycles. The third-order valence-electron chi connectivity index (χ3n) is 6.27. The zero-order valence-electron chi connectivity index (χ0n) is 21.6. The molecule has 9 heteroatoms. The molecule has 4 aromatic carbocycles. The van der Waals surface area contributed by atoms with Crippen LogP contribution >= 0.6 is 0 Å². The highest BCUT2D eigenvalue weighted by atomic mass is 19.1. The summed E-state index contributed by atoms with van der Waals surface area (Å²) in [6, 6.07) is 24.4. The molecule has 0 aliphatic carbocycles. The fourth-order valence-corrected chi connectivity index (χ4v) is 4.25. The number of fused-ring (bicyclic) bond motifs is 1. The van der Waals surface area contributed by atoms with Crippen LogP contribution in [0.2, 0.25) is 0 Å². The Labute approximate surface area is 224 Å². The van der Waals surface area contributed by atoms with Crippen molar-refractivity contribution in [1.29, 1.82) is 0 Å². The van der Waals surface area contributed by atoms with Crippen molar-refractivity contribution in [3.63, 3.8) is 0 Å². The van der Waals surface area contributed by atoms with Gasteiger partial charge in [-0.3, -0.25) is 0 Å². The van der Waals surface area contributed by atoms with E-state index in [1.165, 1.54) is 19.2 Å². The van der Waals surface area contributed by atoms with Crippen LogP contribution < -0.4 is 19.6 Å². The van der Waals surface area contributed by atoms with Crippen molar-refractivity contribution in [1.82, 2.24) is 9.66 Å². The normalized spacial score (nSPS) is 10.9. The fourth-order valence-electron chi connectivity index (χ4n) is 4.25. The van der Waals surface area contributed by atoms with Crippen molar-refractivity contribution in [2.45, 2.75) is 6.04 Å². The second-order valence-corrected chi connectivity index (χ2v) is 8.58. The Morgan fingerprint density at radius 2 is 1.49 bits per heavy atom. The highest BCUT2D eigenvalue weighted by molar-refractivity contribution is 5.93. The van der Waals surface area contributed by atoms with E-state index in [0.717, 1.165) is 34.2 Å². The number of hydrogen-bond donors (Lipinski definition) is 1. The standard InChI is InChI=1S/C30H26FN3O5/c1-36-22-12-7-19(8-13-22)28(20-9-14-23(37-2)15-10-20)33-34-18-32-29-25(34)5-4-6-26(29)39-27-17-21(31)11-16-24(27)30(35)38-3/h4-18,28,33H,1-3H3. The molecule has 0 aliphatic rings. The number of halogens is 1. The Morgan fingerprint density at radius 1 is 0.846 bits per heavy atom. The van der Waals surface area contributed by atoms with Crippen molar-refractivity contribution < 1.29 is 28.1 Å². The smallest absolute Gasteiger partial charge is 0.341 e. The Morgan fingerprint density at radius 3 is 2.08 bits per heavy atom. The molecule has 198 valence electrons. The first-order chi connectivity index (χ1) is 19.0. The molecule has 0 atom stereocenters. The minimum absolute atomic E-state index is 0.0335. The van der Waals surface area contributed by atoms with Crippen LogP contribution in [0.25, 0.3) is 11.0 Å². The predicted molar refractivity (Wildman–Crippen MR) is 145 cm³/mol. The minimum atomic E-state index is -0.633. The zero-order chi connectivity index (χ0) is 27.4. The van der Waals surface area contributed by atoms with Crippen LogP contribution in [0, 0.1) is 5.82 Å².